The van der Waals surface area contributed by atoms with Gasteiger partial charge in [0.2, 0.25) is 15.8 Å². The number of aromatic nitrogens is 4. The van der Waals surface area contributed by atoms with Crippen LogP contribution in [0.2, 0.25) is 0 Å². The number of H-pyrrole nitrogens is 2. The SMILES string of the molecule is COC(=O)Nc1nc2ccc(S(=O)(=O)c3ccc(-c4ncc[nH]4)cc3)cc2[nH]1. The Kier molecular flexibility index (Phi) is 4.32. The first-order valence-electron chi connectivity index (χ1n) is 8.17. The zero-order valence-corrected chi connectivity index (χ0v) is 15.4. The topological polar surface area (TPSA) is 130 Å². The molecule has 4 aromatic rings. The van der Waals surface area contributed by atoms with E-state index in [-0.39, 0.29) is 15.7 Å². The largest absolute Gasteiger partial charge is 0.453 e. The van der Waals surface area contributed by atoms with E-state index in [0.717, 1.165) is 5.56 Å². The molecular weight excluding hydrogens is 382 g/mol. The Morgan fingerprint density at radius 1 is 1.11 bits per heavy atom. The average molecular weight is 397 g/mol. The van der Waals surface area contributed by atoms with Crippen LogP contribution in [0.15, 0.2) is 64.6 Å². The Balaban J connectivity index is 1.66. The number of imidazole rings is 2. The molecule has 0 unspecified atom stereocenters. The van der Waals surface area contributed by atoms with Gasteiger partial charge in [-0.15, -0.1) is 0 Å². The summed E-state index contributed by atoms with van der Waals surface area (Å²) in [6.07, 6.45) is 2.65. The van der Waals surface area contributed by atoms with Crippen molar-refractivity contribution in [2.24, 2.45) is 0 Å². The van der Waals surface area contributed by atoms with Crippen LogP contribution in [0.1, 0.15) is 0 Å². The zero-order valence-electron chi connectivity index (χ0n) is 14.6. The average Bonchev–Trinajstić information content (AvgIpc) is 3.36. The Morgan fingerprint density at radius 3 is 2.54 bits per heavy atom. The lowest BCUT2D eigenvalue weighted by Gasteiger charge is -2.05. The van der Waals surface area contributed by atoms with E-state index < -0.39 is 15.9 Å². The highest BCUT2D eigenvalue weighted by Gasteiger charge is 2.19. The fraction of sp³-hybridized carbons (Fsp3) is 0.0556. The number of nitrogens with one attached hydrogen (secondary N) is 3. The highest BCUT2D eigenvalue weighted by molar-refractivity contribution is 7.91. The number of hydrogen-bond acceptors (Lipinski definition) is 6. The number of aromatic amines is 2. The molecule has 28 heavy (non-hydrogen) atoms. The normalized spacial score (nSPS) is 11.5. The number of ether oxygens (including phenoxy) is 1. The van der Waals surface area contributed by atoms with Crippen LogP contribution in [0.25, 0.3) is 22.4 Å². The summed E-state index contributed by atoms with van der Waals surface area (Å²) < 4.78 is 30.4. The van der Waals surface area contributed by atoms with Gasteiger partial charge in [0, 0.05) is 18.0 Å². The molecule has 0 spiro atoms. The fourth-order valence-corrected chi connectivity index (χ4v) is 4.00. The minimum atomic E-state index is -3.72. The summed E-state index contributed by atoms with van der Waals surface area (Å²) in [5.74, 6) is 0.827. The first-order valence-corrected chi connectivity index (χ1v) is 9.65. The molecular formula is C18H15N5O4S. The van der Waals surface area contributed by atoms with E-state index >= 15 is 0 Å². The molecule has 142 valence electrons. The molecule has 3 N–H and O–H groups in total. The Bertz CT molecular complexity index is 1250. The van der Waals surface area contributed by atoms with E-state index in [2.05, 4.69) is 30.0 Å². The third kappa shape index (κ3) is 3.21. The quantitative estimate of drug-likeness (QED) is 0.485. The van der Waals surface area contributed by atoms with Gasteiger partial charge in [-0.2, -0.15) is 0 Å². The lowest BCUT2D eigenvalue weighted by atomic mass is 10.2. The minimum Gasteiger partial charge on any atom is -0.453 e. The summed E-state index contributed by atoms with van der Waals surface area (Å²) in [4.78, 5) is 25.7. The number of rotatable bonds is 4. The van der Waals surface area contributed by atoms with Crippen LogP contribution in [0.5, 0.6) is 0 Å². The summed E-state index contributed by atoms with van der Waals surface area (Å²) in [5.41, 5.74) is 1.77. The number of carbonyl (C=O) groups excluding carboxylic acids is 1. The number of methoxy groups -OCH3 is 1. The molecule has 0 saturated carbocycles. The molecule has 4 rings (SSSR count). The van der Waals surface area contributed by atoms with Crippen molar-refractivity contribution in [3.05, 3.63) is 54.9 Å². The van der Waals surface area contributed by atoms with Crippen LogP contribution in [-0.4, -0.2) is 41.6 Å². The number of anilines is 1. The van der Waals surface area contributed by atoms with Gasteiger partial charge < -0.3 is 14.7 Å². The van der Waals surface area contributed by atoms with Crippen LogP contribution in [0.4, 0.5) is 10.7 Å². The van der Waals surface area contributed by atoms with Crippen molar-refractivity contribution >= 4 is 32.9 Å². The summed E-state index contributed by atoms with van der Waals surface area (Å²) in [6, 6.07) is 11.0. The second kappa shape index (κ2) is 6.82. The Morgan fingerprint density at radius 2 is 1.86 bits per heavy atom. The number of fused-ring (bicyclic) bond motifs is 1. The van der Waals surface area contributed by atoms with E-state index in [1.807, 2.05) is 0 Å². The highest BCUT2D eigenvalue weighted by Crippen LogP contribution is 2.26. The fourth-order valence-electron chi connectivity index (χ4n) is 2.71. The van der Waals surface area contributed by atoms with E-state index in [1.165, 1.54) is 31.4 Å². The maximum absolute atomic E-state index is 13.0. The Hall–Kier alpha value is -3.66. The van der Waals surface area contributed by atoms with Gasteiger partial charge in [-0.3, -0.25) is 5.32 Å². The number of nitrogens with zero attached hydrogens (tertiary/aromatic N) is 2. The lowest BCUT2D eigenvalue weighted by molar-refractivity contribution is 0.186. The molecule has 9 nitrogen and oxygen atoms in total. The predicted octanol–water partition coefficient (Wildman–Crippen LogP) is 2.96. The van der Waals surface area contributed by atoms with Crippen LogP contribution >= 0.6 is 0 Å². The third-order valence-electron chi connectivity index (χ3n) is 4.11. The molecule has 2 aromatic heterocycles. The number of sulfone groups is 1. The van der Waals surface area contributed by atoms with Gasteiger partial charge in [-0.25, -0.2) is 23.2 Å². The molecule has 0 radical (unpaired) electrons. The van der Waals surface area contributed by atoms with Crippen molar-refractivity contribution in [2.45, 2.75) is 9.79 Å². The smallest absolute Gasteiger partial charge is 0.413 e. The molecule has 0 bridgehead atoms. The van der Waals surface area contributed by atoms with Crippen molar-refractivity contribution < 1.29 is 17.9 Å². The van der Waals surface area contributed by atoms with E-state index in [4.69, 9.17) is 0 Å². The number of carbonyl (C=O) groups is 1. The van der Waals surface area contributed by atoms with Crippen LogP contribution in [0, 0.1) is 0 Å². The third-order valence-corrected chi connectivity index (χ3v) is 5.87. The van der Waals surface area contributed by atoms with Gasteiger partial charge in [0.15, 0.2) is 0 Å². The van der Waals surface area contributed by atoms with Gasteiger partial charge in [0.05, 0.1) is 27.9 Å². The maximum Gasteiger partial charge on any atom is 0.413 e. The summed E-state index contributed by atoms with van der Waals surface area (Å²) in [6.45, 7) is 0. The van der Waals surface area contributed by atoms with Crippen molar-refractivity contribution in [2.75, 3.05) is 12.4 Å². The van der Waals surface area contributed by atoms with Gasteiger partial charge in [0.25, 0.3) is 0 Å². The monoisotopic (exact) mass is 397 g/mol. The highest BCUT2D eigenvalue weighted by atomic mass is 32.2. The van der Waals surface area contributed by atoms with Crippen LogP contribution < -0.4 is 5.32 Å². The molecule has 0 fully saturated rings. The van der Waals surface area contributed by atoms with Crippen LogP contribution in [0.3, 0.4) is 0 Å². The van der Waals surface area contributed by atoms with Gasteiger partial charge in [0.1, 0.15) is 5.82 Å². The van der Waals surface area contributed by atoms with E-state index in [9.17, 15) is 13.2 Å². The van der Waals surface area contributed by atoms with Gasteiger partial charge in [-0.05, 0) is 42.5 Å². The molecule has 0 saturated heterocycles. The van der Waals surface area contributed by atoms with Gasteiger partial charge in [-0.1, -0.05) is 0 Å². The summed E-state index contributed by atoms with van der Waals surface area (Å²) in [7, 11) is -2.49. The molecule has 2 heterocycles. The molecule has 2 aromatic carbocycles. The van der Waals surface area contributed by atoms with E-state index in [0.29, 0.717) is 16.9 Å². The van der Waals surface area contributed by atoms with Crippen molar-refractivity contribution in [3.8, 4) is 11.4 Å². The molecule has 0 aliphatic heterocycles. The molecule has 0 atom stereocenters. The predicted molar refractivity (Wildman–Crippen MR) is 102 cm³/mol. The minimum absolute atomic E-state index is 0.110. The van der Waals surface area contributed by atoms with Crippen molar-refractivity contribution in [1.29, 1.82) is 0 Å². The number of hydrogen-bond donors (Lipinski definition) is 3. The van der Waals surface area contributed by atoms with Crippen molar-refractivity contribution in [1.82, 2.24) is 19.9 Å². The molecule has 10 heteroatoms. The van der Waals surface area contributed by atoms with Gasteiger partial charge >= 0.3 is 6.09 Å². The lowest BCUT2D eigenvalue weighted by Crippen LogP contribution is -2.11. The summed E-state index contributed by atoms with van der Waals surface area (Å²) >= 11 is 0. The Labute approximate surface area is 159 Å². The number of benzene rings is 2. The molecule has 0 aliphatic rings. The molecule has 1 amide bonds. The van der Waals surface area contributed by atoms with Crippen molar-refractivity contribution in [3.63, 3.8) is 0 Å². The second-order valence-corrected chi connectivity index (χ2v) is 7.80. The number of amides is 1. The molecule has 0 aliphatic carbocycles. The first kappa shape index (κ1) is 17.7. The van der Waals surface area contributed by atoms with Crippen LogP contribution in [-0.2, 0) is 14.6 Å². The van der Waals surface area contributed by atoms with E-state index in [1.54, 1.807) is 30.6 Å². The standard InChI is InChI=1S/C18H15N5O4S/c1-27-18(24)23-17-21-14-7-6-13(10-15(14)22-17)28(25,26)12-4-2-11(3-5-12)16-19-8-9-20-16/h2-10H,1H3,(H,19,20)(H2,21,22,23,24). The first-order chi connectivity index (χ1) is 13.5. The zero-order chi connectivity index (χ0) is 19.7. The summed E-state index contributed by atoms with van der Waals surface area (Å²) in [5, 5.41) is 2.40. The second-order valence-electron chi connectivity index (χ2n) is 5.85. The maximum atomic E-state index is 13.0.